The number of halogens is 2. The number of nitrogens with zero attached hydrogens (tertiary/aromatic N) is 1. The van der Waals surface area contributed by atoms with Gasteiger partial charge in [0.1, 0.15) is 17.2 Å². The van der Waals surface area contributed by atoms with Gasteiger partial charge in [0.2, 0.25) is 11.8 Å². The second-order valence-corrected chi connectivity index (χ2v) is 5.86. The van der Waals surface area contributed by atoms with E-state index in [-0.39, 0.29) is 30.3 Å². The van der Waals surface area contributed by atoms with Crippen LogP contribution in [0.2, 0.25) is 0 Å². The summed E-state index contributed by atoms with van der Waals surface area (Å²) in [4.78, 5) is 25.6. The maximum absolute atomic E-state index is 13.8. The highest BCUT2D eigenvalue weighted by Crippen LogP contribution is 2.23. The van der Waals surface area contributed by atoms with Gasteiger partial charge < -0.3 is 10.2 Å². The molecule has 1 N–H and O–H groups in total. The summed E-state index contributed by atoms with van der Waals surface area (Å²) in [6.07, 6.45) is 0.102. The average molecular weight is 296 g/mol. The van der Waals surface area contributed by atoms with Gasteiger partial charge in [-0.1, -0.05) is 6.07 Å². The van der Waals surface area contributed by atoms with Gasteiger partial charge in [-0.15, -0.1) is 0 Å². The number of benzene rings is 1. The predicted molar refractivity (Wildman–Crippen MR) is 73.2 cm³/mol. The molecule has 1 aromatic carbocycles. The summed E-state index contributed by atoms with van der Waals surface area (Å²) >= 11 is 0. The lowest BCUT2D eigenvalue weighted by Crippen LogP contribution is -2.53. The molecule has 1 aromatic rings. The minimum absolute atomic E-state index is 0.102. The van der Waals surface area contributed by atoms with Crippen molar-refractivity contribution < 1.29 is 18.4 Å². The minimum atomic E-state index is -1.09. The maximum atomic E-state index is 13.8. The molecule has 0 bridgehead atoms. The number of carbonyl (C=O) groups excluding carboxylic acids is 2. The van der Waals surface area contributed by atoms with Gasteiger partial charge in [0.25, 0.3) is 0 Å². The highest BCUT2D eigenvalue weighted by molar-refractivity contribution is 5.93. The molecule has 1 saturated heterocycles. The fourth-order valence-electron chi connectivity index (χ4n) is 2.47. The van der Waals surface area contributed by atoms with E-state index in [1.807, 2.05) is 0 Å². The number of hydrogen-bond acceptors (Lipinski definition) is 2. The molecular weight excluding hydrogens is 278 g/mol. The number of carbonyl (C=O) groups is 2. The zero-order valence-electron chi connectivity index (χ0n) is 12.2. The van der Waals surface area contributed by atoms with E-state index in [9.17, 15) is 18.4 Å². The molecule has 0 aliphatic carbocycles. The van der Waals surface area contributed by atoms with E-state index in [0.717, 1.165) is 12.1 Å². The highest BCUT2D eigenvalue weighted by Gasteiger charge is 2.39. The van der Waals surface area contributed by atoms with E-state index in [0.29, 0.717) is 0 Å². The highest BCUT2D eigenvalue weighted by atomic mass is 19.1. The quantitative estimate of drug-likeness (QED) is 0.907. The maximum Gasteiger partial charge on any atom is 0.248 e. The summed E-state index contributed by atoms with van der Waals surface area (Å²) < 4.78 is 27.5. The van der Waals surface area contributed by atoms with Crippen molar-refractivity contribution >= 4 is 11.8 Å². The van der Waals surface area contributed by atoms with Crippen molar-refractivity contribution in [2.75, 3.05) is 0 Å². The molecule has 4 nitrogen and oxygen atoms in total. The zero-order valence-corrected chi connectivity index (χ0v) is 12.2. The lowest BCUT2D eigenvalue weighted by atomic mass is 10.0. The largest absolute Gasteiger partial charge is 0.342 e. The van der Waals surface area contributed by atoms with Gasteiger partial charge in [-0.2, -0.15) is 0 Å². The Morgan fingerprint density at radius 2 is 1.86 bits per heavy atom. The summed E-state index contributed by atoms with van der Waals surface area (Å²) in [6, 6.07) is 3.15. The van der Waals surface area contributed by atoms with E-state index in [1.54, 1.807) is 20.8 Å². The predicted octanol–water partition coefficient (Wildman–Crippen LogP) is 1.98. The van der Waals surface area contributed by atoms with Crippen molar-refractivity contribution in [1.29, 1.82) is 0 Å². The molecule has 1 unspecified atom stereocenters. The van der Waals surface area contributed by atoms with Crippen molar-refractivity contribution in [1.82, 2.24) is 10.2 Å². The summed E-state index contributed by atoms with van der Waals surface area (Å²) in [5, 5.41) is 2.63. The lowest BCUT2D eigenvalue weighted by molar-refractivity contribution is -0.139. The molecule has 2 rings (SSSR count). The number of hydrogen-bond donors (Lipinski definition) is 1. The van der Waals surface area contributed by atoms with Crippen LogP contribution >= 0.6 is 0 Å². The lowest BCUT2D eigenvalue weighted by Gasteiger charge is -2.32. The van der Waals surface area contributed by atoms with Gasteiger partial charge in [0.15, 0.2) is 0 Å². The van der Waals surface area contributed by atoms with E-state index in [2.05, 4.69) is 5.32 Å². The molecule has 0 spiro atoms. The molecular formula is C15H18F2N2O2. The fourth-order valence-corrected chi connectivity index (χ4v) is 2.47. The van der Waals surface area contributed by atoms with E-state index >= 15 is 0 Å². The van der Waals surface area contributed by atoms with E-state index in [4.69, 9.17) is 0 Å². The molecule has 0 radical (unpaired) electrons. The Kier molecular flexibility index (Phi) is 3.98. The topological polar surface area (TPSA) is 49.4 Å². The van der Waals surface area contributed by atoms with Crippen LogP contribution in [0.5, 0.6) is 0 Å². The Morgan fingerprint density at radius 3 is 2.43 bits per heavy atom. The Bertz CT molecular complexity index is 567. The second-order valence-electron chi connectivity index (χ2n) is 5.86. The van der Waals surface area contributed by atoms with Crippen molar-refractivity contribution in [2.45, 2.75) is 45.3 Å². The van der Waals surface area contributed by atoms with Gasteiger partial charge in [-0.3, -0.25) is 9.59 Å². The van der Waals surface area contributed by atoms with Gasteiger partial charge in [-0.25, -0.2) is 8.78 Å². The molecule has 21 heavy (non-hydrogen) atoms. The van der Waals surface area contributed by atoms with Crippen LogP contribution < -0.4 is 5.32 Å². The van der Waals surface area contributed by atoms with Gasteiger partial charge in [0, 0.05) is 18.0 Å². The number of rotatable bonds is 2. The summed E-state index contributed by atoms with van der Waals surface area (Å²) in [6.45, 7) is 4.65. The van der Waals surface area contributed by atoms with Crippen LogP contribution in [0.15, 0.2) is 18.2 Å². The number of nitrogens with one attached hydrogen (secondary N) is 1. The molecule has 114 valence electrons. The smallest absolute Gasteiger partial charge is 0.248 e. The third-order valence-corrected chi connectivity index (χ3v) is 3.65. The van der Waals surface area contributed by atoms with Crippen molar-refractivity contribution in [2.24, 2.45) is 0 Å². The second kappa shape index (κ2) is 5.42. The third-order valence-electron chi connectivity index (χ3n) is 3.65. The van der Waals surface area contributed by atoms with Crippen LogP contribution in [0.25, 0.3) is 0 Å². The molecule has 1 fully saturated rings. The van der Waals surface area contributed by atoms with Crippen LogP contribution in [0, 0.1) is 11.6 Å². The summed E-state index contributed by atoms with van der Waals surface area (Å²) in [7, 11) is 0. The standard InChI is InChI=1S/C15H18F2N2O2/c1-9-7-13(20)18-15(2,3)14(21)19(9)8-10-11(16)5-4-6-12(10)17/h4-6,9H,7-8H2,1-3H3,(H,18,20). The Morgan fingerprint density at radius 1 is 1.29 bits per heavy atom. The van der Waals surface area contributed by atoms with Crippen molar-refractivity contribution in [3.63, 3.8) is 0 Å². The van der Waals surface area contributed by atoms with Gasteiger partial charge in [0.05, 0.1) is 6.54 Å². The molecule has 0 saturated carbocycles. The van der Waals surface area contributed by atoms with Crippen LogP contribution in [0.4, 0.5) is 8.78 Å². The molecule has 1 atom stereocenters. The average Bonchev–Trinajstić information content (AvgIpc) is 2.42. The SMILES string of the molecule is CC1CC(=O)NC(C)(C)C(=O)N1Cc1c(F)cccc1F. The van der Waals surface area contributed by atoms with Crippen molar-refractivity contribution in [3.05, 3.63) is 35.4 Å². The first-order chi connectivity index (χ1) is 9.72. The van der Waals surface area contributed by atoms with Gasteiger partial charge >= 0.3 is 0 Å². The first kappa shape index (κ1) is 15.4. The zero-order chi connectivity index (χ0) is 15.8. The first-order valence-corrected chi connectivity index (χ1v) is 6.77. The third kappa shape index (κ3) is 3.04. The Balaban J connectivity index is 2.36. The summed E-state index contributed by atoms with van der Waals surface area (Å²) in [5.74, 6) is -2.01. The van der Waals surface area contributed by atoms with Crippen LogP contribution in [-0.4, -0.2) is 28.3 Å². The van der Waals surface area contributed by atoms with Crippen LogP contribution in [0.1, 0.15) is 32.8 Å². The number of amides is 2. The monoisotopic (exact) mass is 296 g/mol. The molecule has 2 amide bonds. The van der Waals surface area contributed by atoms with Crippen molar-refractivity contribution in [3.8, 4) is 0 Å². The van der Waals surface area contributed by atoms with Gasteiger partial charge in [-0.05, 0) is 32.9 Å². The molecule has 1 heterocycles. The first-order valence-electron chi connectivity index (χ1n) is 6.77. The van der Waals surface area contributed by atoms with Crippen LogP contribution in [0.3, 0.4) is 0 Å². The molecule has 0 aromatic heterocycles. The fraction of sp³-hybridized carbons (Fsp3) is 0.467. The minimum Gasteiger partial charge on any atom is -0.342 e. The van der Waals surface area contributed by atoms with E-state index in [1.165, 1.54) is 11.0 Å². The van der Waals surface area contributed by atoms with Crippen LogP contribution in [-0.2, 0) is 16.1 Å². The molecule has 1 aliphatic heterocycles. The normalized spacial score (nSPS) is 22.0. The molecule has 6 heteroatoms. The summed E-state index contributed by atoms with van der Waals surface area (Å²) in [5.41, 5.74) is -1.26. The molecule has 1 aliphatic rings. The Hall–Kier alpha value is -1.98. The Labute approximate surface area is 122 Å². The van der Waals surface area contributed by atoms with E-state index < -0.39 is 23.2 Å².